The Morgan fingerprint density at radius 1 is 0.977 bits per heavy atom. The molecule has 0 saturated carbocycles. The zero-order valence-corrected chi connectivity index (χ0v) is 24.9. The normalized spacial score (nSPS) is 19.6. The maximum atomic E-state index is 14.3. The molecule has 1 fully saturated rings. The Kier molecular flexibility index (Phi) is 9.01. The van der Waals surface area contributed by atoms with Gasteiger partial charge in [0.15, 0.2) is 0 Å². The summed E-state index contributed by atoms with van der Waals surface area (Å²) in [5.41, 5.74) is 1.90. The molecular formula is C34H36F2N2O6. The first kappa shape index (κ1) is 31.1. The number of imide groups is 1. The van der Waals surface area contributed by atoms with E-state index in [1.54, 1.807) is 20.8 Å². The number of hydrogen-bond donors (Lipinski definition) is 1. The van der Waals surface area contributed by atoms with Crippen molar-refractivity contribution in [1.82, 2.24) is 9.80 Å². The maximum Gasteiger partial charge on any atom is 0.416 e. The Balaban J connectivity index is 1.52. The van der Waals surface area contributed by atoms with Gasteiger partial charge in [-0.2, -0.15) is 0 Å². The van der Waals surface area contributed by atoms with Crippen molar-refractivity contribution in [3.63, 3.8) is 0 Å². The molecule has 5 rings (SSSR count). The number of rotatable bonds is 7. The number of amides is 3. The van der Waals surface area contributed by atoms with Crippen molar-refractivity contribution >= 4 is 18.1 Å². The molecular weight excluding hydrogens is 570 g/mol. The van der Waals surface area contributed by atoms with Crippen molar-refractivity contribution < 1.29 is 37.7 Å². The van der Waals surface area contributed by atoms with Gasteiger partial charge in [-0.1, -0.05) is 54.6 Å². The molecule has 44 heavy (non-hydrogen) atoms. The number of halogens is 2. The monoisotopic (exact) mass is 606 g/mol. The van der Waals surface area contributed by atoms with Crippen LogP contribution in [-0.4, -0.2) is 63.4 Å². The first-order valence-electron chi connectivity index (χ1n) is 14.6. The fraction of sp³-hybridized carbons (Fsp3) is 0.382. The minimum Gasteiger partial charge on any atom is -0.447 e. The van der Waals surface area contributed by atoms with E-state index >= 15 is 0 Å². The zero-order valence-electron chi connectivity index (χ0n) is 24.9. The molecule has 3 aromatic carbocycles. The molecule has 1 N–H and O–H groups in total. The smallest absolute Gasteiger partial charge is 0.416 e. The van der Waals surface area contributed by atoms with E-state index in [1.807, 2.05) is 54.6 Å². The van der Waals surface area contributed by atoms with Crippen molar-refractivity contribution in [3.8, 4) is 0 Å². The molecule has 0 bridgehead atoms. The van der Waals surface area contributed by atoms with Crippen molar-refractivity contribution in [2.75, 3.05) is 6.61 Å². The van der Waals surface area contributed by atoms with Gasteiger partial charge in [-0.05, 0) is 74.4 Å². The first-order valence-corrected chi connectivity index (χ1v) is 14.6. The third-order valence-corrected chi connectivity index (χ3v) is 7.93. The predicted octanol–water partition coefficient (Wildman–Crippen LogP) is 5.44. The molecule has 0 radical (unpaired) electrons. The third-order valence-electron chi connectivity index (χ3n) is 7.93. The number of carbonyl (C=O) groups excluding carboxylic acids is 3. The summed E-state index contributed by atoms with van der Waals surface area (Å²) < 4.78 is 39.5. The molecule has 10 heteroatoms. The van der Waals surface area contributed by atoms with Crippen LogP contribution in [-0.2, 0) is 40.1 Å². The van der Waals surface area contributed by atoms with E-state index in [-0.39, 0.29) is 31.6 Å². The van der Waals surface area contributed by atoms with Crippen molar-refractivity contribution in [2.45, 2.75) is 70.4 Å². The highest BCUT2D eigenvalue weighted by molar-refractivity contribution is 5.95. The quantitative estimate of drug-likeness (QED) is 0.385. The van der Waals surface area contributed by atoms with Gasteiger partial charge in [-0.15, -0.1) is 0 Å². The highest BCUT2D eigenvalue weighted by Gasteiger charge is 2.47. The van der Waals surface area contributed by atoms with E-state index in [2.05, 4.69) is 0 Å². The summed E-state index contributed by atoms with van der Waals surface area (Å²) >= 11 is 0. The Hall–Kier alpha value is -4.31. The Labute approximate surface area is 255 Å². The molecule has 2 aliphatic rings. The van der Waals surface area contributed by atoms with Gasteiger partial charge < -0.3 is 14.6 Å². The second kappa shape index (κ2) is 12.7. The van der Waals surface area contributed by atoms with Crippen LogP contribution in [0.25, 0.3) is 0 Å². The number of aliphatic hydroxyl groups is 1. The molecule has 2 unspecified atom stereocenters. The second-order valence-corrected chi connectivity index (χ2v) is 12.4. The van der Waals surface area contributed by atoms with Crippen LogP contribution in [0, 0.1) is 17.6 Å². The summed E-state index contributed by atoms with van der Waals surface area (Å²) in [5.74, 6) is -3.80. The third kappa shape index (κ3) is 7.07. The number of nitrogens with zero attached hydrogens (tertiary/aromatic N) is 2. The highest BCUT2D eigenvalue weighted by Crippen LogP contribution is 2.32. The van der Waals surface area contributed by atoms with Gasteiger partial charge in [-0.3, -0.25) is 9.69 Å². The van der Waals surface area contributed by atoms with Crippen LogP contribution in [0.4, 0.5) is 18.4 Å². The molecule has 1 saturated heterocycles. The summed E-state index contributed by atoms with van der Waals surface area (Å²) in [6, 6.07) is 18.0. The van der Waals surface area contributed by atoms with Crippen molar-refractivity contribution in [3.05, 3.63) is 107 Å². The second-order valence-electron chi connectivity index (χ2n) is 12.4. The van der Waals surface area contributed by atoms with Crippen LogP contribution in [0.15, 0.2) is 72.8 Å². The minimum atomic E-state index is -1.54. The van der Waals surface area contributed by atoms with Crippen LogP contribution in [0.5, 0.6) is 0 Å². The molecule has 0 aliphatic carbocycles. The molecule has 232 valence electrons. The number of fused-ring (bicyclic) bond motifs is 1. The minimum absolute atomic E-state index is 0.0439. The van der Waals surface area contributed by atoms with E-state index in [4.69, 9.17) is 9.47 Å². The molecule has 2 aliphatic heterocycles. The van der Waals surface area contributed by atoms with Gasteiger partial charge in [-0.25, -0.2) is 23.3 Å². The summed E-state index contributed by atoms with van der Waals surface area (Å²) in [6.45, 7) is 5.25. The molecule has 3 aromatic rings. The average molecular weight is 607 g/mol. The molecule has 8 nitrogen and oxygen atoms in total. The summed E-state index contributed by atoms with van der Waals surface area (Å²) in [6.07, 6.45) is -2.87. The van der Waals surface area contributed by atoms with E-state index in [9.17, 15) is 28.3 Å². The van der Waals surface area contributed by atoms with Gasteiger partial charge >= 0.3 is 12.2 Å². The number of carbonyl (C=O) groups is 3. The topological polar surface area (TPSA) is 96.4 Å². The van der Waals surface area contributed by atoms with Crippen LogP contribution < -0.4 is 0 Å². The molecule has 0 spiro atoms. The summed E-state index contributed by atoms with van der Waals surface area (Å²) in [5, 5.41) is 12.0. The van der Waals surface area contributed by atoms with Crippen LogP contribution >= 0.6 is 0 Å². The first-order chi connectivity index (χ1) is 20.9. The van der Waals surface area contributed by atoms with Gasteiger partial charge in [0, 0.05) is 12.6 Å². The zero-order chi connectivity index (χ0) is 31.6. The number of cyclic esters (lactones) is 1. The lowest BCUT2D eigenvalue weighted by Gasteiger charge is -2.42. The SMILES string of the molecule is CC(C)(C)OC(=O)N1Cc2ccccc2CC1[C@@H](O)[C@H](Cc1cc(F)cc(F)c1)C(=O)N1C(=O)OCC1Cc1ccccc1. The fourth-order valence-electron chi connectivity index (χ4n) is 5.92. The van der Waals surface area contributed by atoms with Gasteiger partial charge in [0.2, 0.25) is 5.91 Å². The molecule has 0 aromatic heterocycles. The van der Waals surface area contributed by atoms with Crippen molar-refractivity contribution in [2.24, 2.45) is 5.92 Å². The van der Waals surface area contributed by atoms with Crippen molar-refractivity contribution in [1.29, 1.82) is 0 Å². The number of aliphatic hydroxyl groups excluding tert-OH is 1. The van der Waals surface area contributed by atoms with E-state index in [0.717, 1.165) is 33.7 Å². The van der Waals surface area contributed by atoms with Crippen LogP contribution in [0.2, 0.25) is 0 Å². The van der Waals surface area contributed by atoms with Gasteiger partial charge in [0.1, 0.15) is 23.8 Å². The lowest BCUT2D eigenvalue weighted by Crippen LogP contribution is -2.57. The Morgan fingerprint density at radius 3 is 2.27 bits per heavy atom. The standard InChI is InChI=1S/C34H36F2N2O6/c1-34(2,3)44-32(41)37-19-24-12-8-7-11-23(24)17-29(37)30(39)28(16-22-13-25(35)18-26(36)14-22)31(40)38-27(20-43-33(38)42)15-21-9-5-4-6-10-21/h4-14,18,27-30,39H,15-17,19-20H2,1-3H3/t27?,28-,29?,30-/m0/s1. The van der Waals surface area contributed by atoms with E-state index in [1.165, 1.54) is 4.90 Å². The number of benzene rings is 3. The van der Waals surface area contributed by atoms with Crippen LogP contribution in [0.1, 0.15) is 43.0 Å². The van der Waals surface area contributed by atoms with Gasteiger partial charge in [0.05, 0.1) is 24.1 Å². The number of hydrogen-bond acceptors (Lipinski definition) is 6. The van der Waals surface area contributed by atoms with Gasteiger partial charge in [0.25, 0.3) is 0 Å². The lowest BCUT2D eigenvalue weighted by molar-refractivity contribution is -0.139. The average Bonchev–Trinajstić information content (AvgIpc) is 3.33. The lowest BCUT2D eigenvalue weighted by atomic mass is 9.82. The molecule has 4 atom stereocenters. The fourth-order valence-corrected chi connectivity index (χ4v) is 5.92. The highest BCUT2D eigenvalue weighted by atomic mass is 19.1. The molecule has 2 heterocycles. The Bertz CT molecular complexity index is 1510. The maximum absolute atomic E-state index is 14.3. The Morgan fingerprint density at radius 2 is 1.61 bits per heavy atom. The molecule has 3 amide bonds. The largest absolute Gasteiger partial charge is 0.447 e. The number of ether oxygens (including phenoxy) is 2. The van der Waals surface area contributed by atoms with E-state index in [0.29, 0.717) is 12.5 Å². The summed E-state index contributed by atoms with van der Waals surface area (Å²) in [7, 11) is 0. The van der Waals surface area contributed by atoms with E-state index < -0.39 is 59.4 Å². The summed E-state index contributed by atoms with van der Waals surface area (Å²) in [4.78, 5) is 43.1. The predicted molar refractivity (Wildman–Crippen MR) is 157 cm³/mol. The van der Waals surface area contributed by atoms with Crippen LogP contribution in [0.3, 0.4) is 0 Å².